The van der Waals surface area contributed by atoms with E-state index in [2.05, 4.69) is 183 Å². The number of methoxy groups -OCH3 is 1. The molecule has 0 amide bonds. The zero-order valence-electron chi connectivity index (χ0n) is 38.1. The van der Waals surface area contributed by atoms with Crippen molar-refractivity contribution in [1.29, 1.82) is 0 Å². The monoisotopic (exact) mass is 886 g/mol. The van der Waals surface area contributed by atoms with Gasteiger partial charge in [-0.2, -0.15) is 47.0 Å². The molecule has 2 fully saturated rings. The van der Waals surface area contributed by atoms with Gasteiger partial charge in [-0.15, -0.1) is 0 Å². The minimum Gasteiger partial charge on any atom is -0.417 e. The first-order valence-corrected chi connectivity index (χ1v) is 38.8. The van der Waals surface area contributed by atoms with Gasteiger partial charge in [-0.05, 0) is 136 Å². The van der Waals surface area contributed by atoms with E-state index in [1.807, 2.05) is 7.11 Å². The SMILES string of the molecule is CCC(C)([SiH](C)OC(C)(C)[Si](C)(C)C)C(C)(C)O[Si](C)(CC[Si](C)(C1SCCCS1)C1SCCCS1)C(C)(CC)C(C)(C)O[Si](C)(C)C(C)(C)OC. The number of rotatable bonds is 20. The zero-order chi connectivity index (χ0) is 40.5. The van der Waals surface area contributed by atoms with E-state index < -0.39 is 47.4 Å². The molecule has 2 saturated heterocycles. The van der Waals surface area contributed by atoms with Gasteiger partial charge in [0, 0.05) is 30.8 Å². The van der Waals surface area contributed by atoms with Gasteiger partial charge in [-0.1, -0.05) is 59.9 Å². The summed E-state index contributed by atoms with van der Waals surface area (Å²) in [6, 6.07) is 2.53. The highest BCUT2D eigenvalue weighted by Gasteiger charge is 2.63. The van der Waals surface area contributed by atoms with Crippen molar-refractivity contribution in [3.63, 3.8) is 0 Å². The molecule has 0 N–H and O–H groups in total. The van der Waals surface area contributed by atoms with Gasteiger partial charge < -0.3 is 18.0 Å². The third kappa shape index (κ3) is 10.5. The first-order chi connectivity index (χ1) is 23.4. The van der Waals surface area contributed by atoms with E-state index in [1.54, 1.807) is 0 Å². The van der Waals surface area contributed by atoms with Gasteiger partial charge in [0.25, 0.3) is 0 Å². The molecule has 4 atom stereocenters. The fourth-order valence-electron chi connectivity index (χ4n) is 8.22. The van der Waals surface area contributed by atoms with Gasteiger partial charge >= 0.3 is 0 Å². The lowest BCUT2D eigenvalue weighted by molar-refractivity contribution is -0.0191. The van der Waals surface area contributed by atoms with Crippen LogP contribution in [0.3, 0.4) is 0 Å². The molecule has 0 saturated carbocycles. The molecular formula is C39H86O4S4Si5. The fraction of sp³-hybridized carbons (Fsp3) is 1.00. The molecule has 4 unspecified atom stereocenters. The predicted octanol–water partition coefficient (Wildman–Crippen LogP) is 13.2. The molecule has 0 radical (unpaired) electrons. The Kier molecular flexibility index (Phi) is 17.8. The van der Waals surface area contributed by atoms with E-state index in [1.165, 1.54) is 47.9 Å². The Hall–Kier alpha value is 2.32. The van der Waals surface area contributed by atoms with Crippen molar-refractivity contribution >= 4 is 88.9 Å². The van der Waals surface area contributed by atoms with Crippen molar-refractivity contribution < 1.29 is 18.0 Å². The quantitative estimate of drug-likeness (QED) is 0.112. The van der Waals surface area contributed by atoms with Gasteiger partial charge in [-0.3, -0.25) is 0 Å². The molecule has 0 bridgehead atoms. The van der Waals surface area contributed by atoms with Crippen LogP contribution < -0.4 is 0 Å². The van der Waals surface area contributed by atoms with E-state index in [-0.39, 0.29) is 26.1 Å². The average Bonchev–Trinajstić information content (AvgIpc) is 3.05. The van der Waals surface area contributed by atoms with E-state index in [0.29, 0.717) is 0 Å². The fourth-order valence-corrected chi connectivity index (χ4v) is 40.4. The minimum absolute atomic E-state index is 0.0469. The van der Waals surface area contributed by atoms with Gasteiger partial charge in [-0.25, -0.2) is 0 Å². The van der Waals surface area contributed by atoms with Crippen LogP contribution in [0.15, 0.2) is 0 Å². The van der Waals surface area contributed by atoms with E-state index >= 15 is 0 Å². The zero-order valence-corrected chi connectivity index (χ0v) is 46.5. The van der Waals surface area contributed by atoms with Crippen molar-refractivity contribution in [2.24, 2.45) is 0 Å². The van der Waals surface area contributed by atoms with E-state index in [4.69, 9.17) is 18.0 Å². The molecule has 0 aliphatic carbocycles. The molecule has 2 aliphatic heterocycles. The van der Waals surface area contributed by atoms with Crippen LogP contribution >= 0.6 is 47.0 Å². The number of hydrogen-bond donors (Lipinski definition) is 0. The summed E-state index contributed by atoms with van der Waals surface area (Å²) in [6.45, 7) is 48.8. The second-order valence-electron chi connectivity index (χ2n) is 20.5. The third-order valence-electron chi connectivity index (χ3n) is 15.3. The summed E-state index contributed by atoms with van der Waals surface area (Å²) in [5, 5.41) is -0.579. The maximum atomic E-state index is 8.25. The van der Waals surface area contributed by atoms with Crippen LogP contribution in [0, 0.1) is 0 Å². The van der Waals surface area contributed by atoms with Gasteiger partial charge in [0.15, 0.2) is 17.4 Å². The number of hydrogen-bond acceptors (Lipinski definition) is 8. The highest BCUT2D eigenvalue weighted by Crippen LogP contribution is 2.61. The first kappa shape index (κ1) is 50.5. The predicted molar refractivity (Wildman–Crippen MR) is 257 cm³/mol. The molecule has 2 aliphatic rings. The summed E-state index contributed by atoms with van der Waals surface area (Å²) in [6.07, 6.45) is 4.80. The highest BCUT2D eigenvalue weighted by molar-refractivity contribution is 8.23. The van der Waals surface area contributed by atoms with E-state index in [0.717, 1.165) is 21.3 Å². The molecule has 310 valence electrons. The summed E-state index contributed by atoms with van der Waals surface area (Å²) in [5.41, 5.74) is -0.747. The van der Waals surface area contributed by atoms with Crippen molar-refractivity contribution in [2.75, 3.05) is 30.1 Å². The first-order valence-electron chi connectivity index (χ1n) is 20.5. The molecule has 0 spiro atoms. The molecule has 4 nitrogen and oxygen atoms in total. The summed E-state index contributed by atoms with van der Waals surface area (Å²) < 4.78 is 30.8. The van der Waals surface area contributed by atoms with Gasteiger partial charge in [0.2, 0.25) is 8.32 Å². The van der Waals surface area contributed by atoms with Crippen LogP contribution in [0.5, 0.6) is 0 Å². The number of thioether (sulfide) groups is 4. The Labute approximate surface area is 347 Å². The molecular weight excluding hydrogens is 801 g/mol. The molecule has 2 rings (SSSR count). The van der Waals surface area contributed by atoms with Crippen molar-refractivity contribution in [1.82, 2.24) is 0 Å². The van der Waals surface area contributed by atoms with Gasteiger partial charge in [0.05, 0.1) is 24.5 Å². The Balaban J connectivity index is 2.78. The molecule has 0 aromatic rings. The maximum Gasteiger partial charge on any atom is 0.218 e. The smallest absolute Gasteiger partial charge is 0.218 e. The lowest BCUT2D eigenvalue weighted by Gasteiger charge is -2.60. The highest BCUT2D eigenvalue weighted by atomic mass is 32.2. The summed E-state index contributed by atoms with van der Waals surface area (Å²) in [7, 11) is -8.15. The van der Waals surface area contributed by atoms with Crippen molar-refractivity contribution in [3.05, 3.63) is 0 Å². The second-order valence-corrected chi connectivity index (χ2v) is 49.5. The van der Waals surface area contributed by atoms with E-state index in [9.17, 15) is 0 Å². The summed E-state index contributed by atoms with van der Waals surface area (Å²) in [4.78, 5) is 0. The minimum atomic E-state index is -2.62. The Bertz CT molecular complexity index is 1120. The van der Waals surface area contributed by atoms with Crippen LogP contribution in [0.2, 0.25) is 74.5 Å². The van der Waals surface area contributed by atoms with Crippen LogP contribution in [0.1, 0.15) is 109 Å². The molecule has 0 aromatic heterocycles. The molecule has 2 heterocycles. The van der Waals surface area contributed by atoms with Crippen molar-refractivity contribution in [2.45, 2.75) is 213 Å². The standard InChI is InChI=1S/C39H86O4S4Si5/c1-22-38(11,48(14)41-37(9,10)49(15,16)17)34(3,4)43-52(21,39(12,23-2)35(5,6)42-50(18,19)36(7,8)40-13)31-30-51(20,32-44-26-24-27-45-32)33-46-28-25-29-47-33/h32-33,48H,22-31H2,1-21H3. The molecule has 0 aromatic carbocycles. The van der Waals surface area contributed by atoms with Crippen molar-refractivity contribution in [3.8, 4) is 0 Å². The Morgan fingerprint density at radius 3 is 1.42 bits per heavy atom. The topological polar surface area (TPSA) is 36.9 Å². The Morgan fingerprint density at radius 2 is 1.06 bits per heavy atom. The van der Waals surface area contributed by atoms with Crippen LogP contribution in [0.25, 0.3) is 0 Å². The Morgan fingerprint density at radius 1 is 0.615 bits per heavy atom. The molecule has 13 heteroatoms. The molecule has 52 heavy (non-hydrogen) atoms. The third-order valence-corrected chi connectivity index (χ3v) is 50.1. The number of ether oxygens (including phenoxy) is 1. The largest absolute Gasteiger partial charge is 0.417 e. The lowest BCUT2D eigenvalue weighted by Crippen LogP contribution is -2.67. The van der Waals surface area contributed by atoms with Crippen LogP contribution in [-0.4, -0.2) is 102 Å². The van der Waals surface area contributed by atoms with Gasteiger partial charge in [0.1, 0.15) is 8.07 Å². The second kappa shape index (κ2) is 18.3. The van der Waals surface area contributed by atoms with Crippen LogP contribution in [0.4, 0.5) is 0 Å². The lowest BCUT2D eigenvalue weighted by atomic mass is 9.89. The maximum absolute atomic E-state index is 8.25. The normalized spacial score (nSPS) is 22.8. The van der Waals surface area contributed by atoms with Crippen LogP contribution in [-0.2, 0) is 18.0 Å². The summed E-state index contributed by atoms with van der Waals surface area (Å²) >= 11 is 9.24. The average molecular weight is 888 g/mol. The summed E-state index contributed by atoms with van der Waals surface area (Å²) in [5.74, 6) is 5.31.